The molecule has 80 valence electrons. The molecule has 0 bridgehead atoms. The number of nitrogens with zero attached hydrogens (tertiary/aromatic N) is 1. The first-order chi connectivity index (χ1) is 5.97. The number of nitrogens with one attached hydrogen (secondary N) is 1. The van der Waals surface area contributed by atoms with Gasteiger partial charge in [0.2, 0.25) is 0 Å². The summed E-state index contributed by atoms with van der Waals surface area (Å²) in [4.78, 5) is 2.23. The van der Waals surface area contributed by atoms with Crippen LogP contribution in [0.15, 0.2) is 0 Å². The lowest BCUT2D eigenvalue weighted by molar-refractivity contribution is 0.295. The smallest absolute Gasteiger partial charge is 0.0169 e. The van der Waals surface area contributed by atoms with E-state index in [9.17, 15) is 0 Å². The summed E-state index contributed by atoms with van der Waals surface area (Å²) >= 11 is 0. The Labute approximate surface area is 83.7 Å². The van der Waals surface area contributed by atoms with E-state index in [0.29, 0.717) is 12.1 Å². The molecule has 0 saturated heterocycles. The van der Waals surface area contributed by atoms with E-state index < -0.39 is 0 Å². The van der Waals surface area contributed by atoms with Crippen molar-refractivity contribution in [1.82, 2.24) is 10.2 Å². The van der Waals surface area contributed by atoms with E-state index in [2.05, 4.69) is 52.0 Å². The van der Waals surface area contributed by atoms with Crippen molar-refractivity contribution in [1.29, 1.82) is 0 Å². The monoisotopic (exact) mass is 186 g/mol. The van der Waals surface area contributed by atoms with Crippen LogP contribution in [0.5, 0.6) is 0 Å². The molecule has 0 spiro atoms. The van der Waals surface area contributed by atoms with Crippen molar-refractivity contribution in [3.05, 3.63) is 0 Å². The van der Waals surface area contributed by atoms with Crippen LogP contribution in [0.4, 0.5) is 0 Å². The maximum absolute atomic E-state index is 3.66. The summed E-state index contributed by atoms with van der Waals surface area (Å²) in [6.45, 7) is 10.2. The van der Waals surface area contributed by atoms with Gasteiger partial charge in [-0.1, -0.05) is 20.8 Å². The summed E-state index contributed by atoms with van der Waals surface area (Å²) in [5, 5.41) is 3.66. The molecule has 0 aromatic carbocycles. The molecule has 0 radical (unpaired) electrons. The summed E-state index contributed by atoms with van der Waals surface area (Å²) in [5.74, 6) is 0.731. The van der Waals surface area contributed by atoms with Crippen molar-refractivity contribution in [2.75, 3.05) is 20.6 Å². The highest BCUT2D eigenvalue weighted by atomic mass is 15.1. The minimum absolute atomic E-state index is 0.586. The third kappa shape index (κ3) is 6.05. The van der Waals surface area contributed by atoms with Crippen LogP contribution >= 0.6 is 0 Å². The highest BCUT2D eigenvalue weighted by Crippen LogP contribution is 2.06. The van der Waals surface area contributed by atoms with Gasteiger partial charge in [0.1, 0.15) is 0 Å². The molecule has 13 heavy (non-hydrogen) atoms. The number of hydrogen-bond donors (Lipinski definition) is 1. The van der Waals surface area contributed by atoms with Crippen LogP contribution < -0.4 is 5.32 Å². The Morgan fingerprint density at radius 2 is 1.69 bits per heavy atom. The summed E-state index contributed by atoms with van der Waals surface area (Å²) in [6.07, 6.45) is 1.22. The quantitative estimate of drug-likeness (QED) is 0.682. The Morgan fingerprint density at radius 3 is 2.00 bits per heavy atom. The van der Waals surface area contributed by atoms with E-state index >= 15 is 0 Å². The van der Waals surface area contributed by atoms with Crippen LogP contribution in [0, 0.1) is 5.92 Å². The Bertz CT molecular complexity index is 121. The third-order valence-corrected chi connectivity index (χ3v) is 2.38. The fourth-order valence-corrected chi connectivity index (χ4v) is 1.75. The van der Waals surface area contributed by atoms with Crippen molar-refractivity contribution in [3.8, 4) is 0 Å². The van der Waals surface area contributed by atoms with E-state index in [1.807, 2.05) is 0 Å². The van der Waals surface area contributed by atoms with E-state index in [4.69, 9.17) is 0 Å². The van der Waals surface area contributed by atoms with Crippen LogP contribution in [-0.2, 0) is 0 Å². The molecule has 0 heterocycles. The topological polar surface area (TPSA) is 15.3 Å². The molecular formula is C11H26N2. The van der Waals surface area contributed by atoms with Crippen LogP contribution in [0.1, 0.15) is 34.1 Å². The van der Waals surface area contributed by atoms with Crippen LogP contribution in [0.3, 0.4) is 0 Å². The molecule has 2 nitrogen and oxygen atoms in total. The van der Waals surface area contributed by atoms with Crippen LogP contribution in [-0.4, -0.2) is 37.6 Å². The van der Waals surface area contributed by atoms with E-state index in [1.165, 1.54) is 6.42 Å². The lowest BCUT2D eigenvalue weighted by Gasteiger charge is -2.27. The molecule has 0 fully saturated rings. The van der Waals surface area contributed by atoms with Gasteiger partial charge in [-0.3, -0.25) is 0 Å². The lowest BCUT2D eigenvalue weighted by Crippen LogP contribution is -2.44. The molecule has 2 unspecified atom stereocenters. The molecule has 2 heteroatoms. The predicted molar refractivity (Wildman–Crippen MR) is 60.1 cm³/mol. The standard InChI is InChI=1S/C11H26N2/c1-7-11(9(2)3)12-10(4)8-13(5)6/h9-12H,7-8H2,1-6H3. The van der Waals surface area contributed by atoms with E-state index in [1.54, 1.807) is 0 Å². The van der Waals surface area contributed by atoms with Gasteiger partial charge in [-0.25, -0.2) is 0 Å². The Morgan fingerprint density at radius 1 is 1.15 bits per heavy atom. The fraction of sp³-hybridized carbons (Fsp3) is 1.00. The summed E-state index contributed by atoms with van der Waals surface area (Å²) < 4.78 is 0. The second kappa shape index (κ2) is 6.39. The largest absolute Gasteiger partial charge is 0.310 e. The van der Waals surface area contributed by atoms with Gasteiger partial charge in [0, 0.05) is 18.6 Å². The maximum atomic E-state index is 3.66. The van der Waals surface area contributed by atoms with Gasteiger partial charge in [0.15, 0.2) is 0 Å². The van der Waals surface area contributed by atoms with Crippen molar-refractivity contribution in [2.24, 2.45) is 5.92 Å². The molecule has 0 aliphatic rings. The zero-order chi connectivity index (χ0) is 10.4. The molecule has 0 saturated carbocycles. The first kappa shape index (κ1) is 12.9. The normalized spacial score (nSPS) is 16.6. The first-order valence-electron chi connectivity index (χ1n) is 5.38. The fourth-order valence-electron chi connectivity index (χ4n) is 1.75. The highest BCUT2D eigenvalue weighted by molar-refractivity contribution is 4.74. The van der Waals surface area contributed by atoms with Crippen molar-refractivity contribution < 1.29 is 0 Å². The minimum Gasteiger partial charge on any atom is -0.310 e. The Balaban J connectivity index is 3.79. The SMILES string of the molecule is CCC(NC(C)CN(C)C)C(C)C. The molecule has 0 aromatic heterocycles. The van der Waals surface area contributed by atoms with Gasteiger partial charge >= 0.3 is 0 Å². The second-order valence-corrected chi connectivity index (χ2v) is 4.59. The summed E-state index contributed by atoms with van der Waals surface area (Å²) in [5.41, 5.74) is 0. The van der Waals surface area contributed by atoms with Crippen LogP contribution in [0.2, 0.25) is 0 Å². The molecule has 0 aliphatic heterocycles. The second-order valence-electron chi connectivity index (χ2n) is 4.59. The van der Waals surface area contributed by atoms with Crippen molar-refractivity contribution in [2.45, 2.75) is 46.2 Å². The third-order valence-electron chi connectivity index (χ3n) is 2.38. The molecular weight excluding hydrogens is 160 g/mol. The molecule has 0 aromatic rings. The lowest BCUT2D eigenvalue weighted by atomic mass is 10.0. The zero-order valence-corrected chi connectivity index (χ0v) is 10.1. The minimum atomic E-state index is 0.586. The van der Waals surface area contributed by atoms with Gasteiger partial charge < -0.3 is 10.2 Å². The van der Waals surface area contributed by atoms with Gasteiger partial charge in [-0.15, -0.1) is 0 Å². The number of likely N-dealkylation sites (N-methyl/N-ethyl adjacent to an activating group) is 1. The van der Waals surface area contributed by atoms with Crippen molar-refractivity contribution >= 4 is 0 Å². The number of rotatable bonds is 6. The molecule has 1 N–H and O–H groups in total. The average molecular weight is 186 g/mol. The Hall–Kier alpha value is -0.0800. The molecule has 0 rings (SSSR count). The predicted octanol–water partition coefficient (Wildman–Crippen LogP) is 1.96. The maximum Gasteiger partial charge on any atom is 0.0169 e. The molecule has 0 aliphatic carbocycles. The first-order valence-corrected chi connectivity index (χ1v) is 5.38. The zero-order valence-electron chi connectivity index (χ0n) is 10.1. The summed E-state index contributed by atoms with van der Waals surface area (Å²) in [6, 6.07) is 1.25. The van der Waals surface area contributed by atoms with Gasteiger partial charge in [0.05, 0.1) is 0 Å². The number of hydrogen-bond acceptors (Lipinski definition) is 2. The average Bonchev–Trinajstić information content (AvgIpc) is 1.98. The Kier molecular flexibility index (Phi) is 6.35. The molecule has 2 atom stereocenters. The van der Waals surface area contributed by atoms with Crippen LogP contribution in [0.25, 0.3) is 0 Å². The highest BCUT2D eigenvalue weighted by Gasteiger charge is 2.13. The van der Waals surface area contributed by atoms with Gasteiger partial charge in [-0.2, -0.15) is 0 Å². The van der Waals surface area contributed by atoms with E-state index in [-0.39, 0.29) is 0 Å². The van der Waals surface area contributed by atoms with Gasteiger partial charge in [0.25, 0.3) is 0 Å². The van der Waals surface area contributed by atoms with Gasteiger partial charge in [-0.05, 0) is 33.4 Å². The molecule has 0 amide bonds. The summed E-state index contributed by atoms with van der Waals surface area (Å²) in [7, 11) is 4.24. The van der Waals surface area contributed by atoms with Crippen molar-refractivity contribution in [3.63, 3.8) is 0 Å². The van der Waals surface area contributed by atoms with E-state index in [0.717, 1.165) is 12.5 Å².